The summed E-state index contributed by atoms with van der Waals surface area (Å²) >= 11 is 0. The molecule has 228 valence electrons. The van der Waals surface area contributed by atoms with Gasteiger partial charge in [-0.2, -0.15) is 0 Å². The van der Waals surface area contributed by atoms with E-state index in [-0.39, 0.29) is 22.9 Å². The molecule has 0 radical (unpaired) electrons. The van der Waals surface area contributed by atoms with Crippen molar-refractivity contribution >= 4 is 12.5 Å². The minimum atomic E-state index is -0.222. The topological polar surface area (TPSA) is 61.9 Å². The highest BCUT2D eigenvalue weighted by atomic mass is 19.1. The molecule has 0 aromatic heterocycles. The van der Waals surface area contributed by atoms with Crippen LogP contribution in [0.4, 0.5) is 9.18 Å². The zero-order chi connectivity index (χ0) is 29.6. The van der Waals surface area contributed by atoms with Gasteiger partial charge in [0.15, 0.2) is 0 Å². The molecule has 0 spiro atoms. The van der Waals surface area contributed by atoms with E-state index in [1.807, 2.05) is 49.9 Å². The van der Waals surface area contributed by atoms with Gasteiger partial charge in [0.1, 0.15) is 12.4 Å². The van der Waals surface area contributed by atoms with Crippen LogP contribution in [-0.4, -0.2) is 68.2 Å². The van der Waals surface area contributed by atoms with Gasteiger partial charge in [0, 0.05) is 19.6 Å². The van der Waals surface area contributed by atoms with Crippen molar-refractivity contribution in [2.75, 3.05) is 40.3 Å². The highest BCUT2D eigenvalue weighted by Gasteiger charge is 2.48. The van der Waals surface area contributed by atoms with Crippen LogP contribution in [-0.2, 0) is 9.53 Å². The van der Waals surface area contributed by atoms with Crippen molar-refractivity contribution in [3.05, 3.63) is 35.6 Å². The Morgan fingerprint density at radius 2 is 1.48 bits per heavy atom. The summed E-state index contributed by atoms with van der Waals surface area (Å²) in [7, 11) is 3.75. The van der Waals surface area contributed by atoms with E-state index in [4.69, 9.17) is 4.74 Å². The number of likely N-dealkylation sites (tertiary alicyclic amines) is 1. The maximum atomic E-state index is 12.6. The maximum absolute atomic E-state index is 12.6. The normalized spacial score (nSPS) is 22.1. The number of nitrogens with zero attached hydrogens (tertiary/aromatic N) is 2. The molecule has 2 amide bonds. The number of carbonyl (C=O) groups is 2. The second-order valence-electron chi connectivity index (χ2n) is 12.3. The van der Waals surface area contributed by atoms with Gasteiger partial charge in [0.05, 0.1) is 5.54 Å². The molecular weight excluding hydrogens is 505 g/mol. The van der Waals surface area contributed by atoms with E-state index in [0.717, 1.165) is 38.9 Å². The van der Waals surface area contributed by atoms with Gasteiger partial charge >= 0.3 is 6.09 Å². The lowest BCUT2D eigenvalue weighted by molar-refractivity contribution is -0.121. The number of cyclic esters (lactones) is 1. The summed E-state index contributed by atoms with van der Waals surface area (Å²) in [5, 5.41) is 2.75. The Labute approximate surface area is 243 Å². The standard InChI is InChI=1S/C18H30N2O3.C11H13F.C2H7N.C2H6/c1-17(2)13-23-16(22)20(17)12-18(15-6-4-3-5-7-15)8-10-19(14-21)11-9-18;12-11-7-5-10(6-8-11)9-3-1-2-4-9;1-3-2;1-2/h14-15H,3-13H2,1-2H3;5-9H,1-4H2;3H,1-2H3;1-2H3. The van der Waals surface area contributed by atoms with Crippen LogP contribution in [0.25, 0.3) is 0 Å². The summed E-state index contributed by atoms with van der Waals surface area (Å²) < 4.78 is 17.9. The quantitative estimate of drug-likeness (QED) is 0.381. The molecule has 0 unspecified atom stereocenters. The van der Waals surface area contributed by atoms with Crippen LogP contribution >= 0.6 is 0 Å². The van der Waals surface area contributed by atoms with E-state index in [1.165, 1.54) is 63.4 Å². The molecule has 2 heterocycles. The van der Waals surface area contributed by atoms with Crippen molar-refractivity contribution in [2.24, 2.45) is 11.3 Å². The monoisotopic (exact) mass is 561 g/mol. The molecule has 4 aliphatic rings. The zero-order valence-electron chi connectivity index (χ0n) is 26.1. The molecule has 0 atom stereocenters. The average molecular weight is 562 g/mol. The smallest absolute Gasteiger partial charge is 0.410 e. The molecule has 2 saturated carbocycles. The molecule has 7 heteroatoms. The maximum Gasteiger partial charge on any atom is 0.410 e. The Hall–Kier alpha value is -2.15. The Morgan fingerprint density at radius 1 is 0.950 bits per heavy atom. The van der Waals surface area contributed by atoms with E-state index in [0.29, 0.717) is 18.4 Å². The number of carbonyl (C=O) groups excluding carboxylic acids is 2. The van der Waals surface area contributed by atoms with Crippen LogP contribution in [0.2, 0.25) is 0 Å². The van der Waals surface area contributed by atoms with Crippen molar-refractivity contribution in [2.45, 2.75) is 110 Å². The number of rotatable bonds is 5. The Kier molecular flexibility index (Phi) is 14.4. The van der Waals surface area contributed by atoms with E-state index in [9.17, 15) is 14.0 Å². The number of ether oxygens (including phenoxy) is 1. The highest BCUT2D eigenvalue weighted by Crippen LogP contribution is 2.47. The first-order chi connectivity index (χ1) is 19.2. The van der Waals surface area contributed by atoms with Crippen molar-refractivity contribution in [1.82, 2.24) is 15.1 Å². The fourth-order valence-corrected chi connectivity index (χ4v) is 6.71. The van der Waals surface area contributed by atoms with Gasteiger partial charge in [-0.3, -0.25) is 9.69 Å². The van der Waals surface area contributed by atoms with Gasteiger partial charge in [-0.1, -0.05) is 58.1 Å². The van der Waals surface area contributed by atoms with Crippen molar-refractivity contribution in [3.63, 3.8) is 0 Å². The number of hydrogen-bond donors (Lipinski definition) is 1. The van der Waals surface area contributed by atoms with Gasteiger partial charge in [-0.05, 0) is 101 Å². The molecule has 1 N–H and O–H groups in total. The first kappa shape index (κ1) is 34.1. The van der Waals surface area contributed by atoms with Crippen LogP contribution in [0.5, 0.6) is 0 Å². The molecule has 2 saturated heterocycles. The van der Waals surface area contributed by atoms with Crippen LogP contribution in [0.3, 0.4) is 0 Å². The third kappa shape index (κ3) is 9.46. The van der Waals surface area contributed by atoms with Gasteiger partial charge in [0.2, 0.25) is 6.41 Å². The van der Waals surface area contributed by atoms with E-state index < -0.39 is 0 Å². The number of benzene rings is 1. The molecule has 40 heavy (non-hydrogen) atoms. The van der Waals surface area contributed by atoms with Crippen LogP contribution < -0.4 is 5.32 Å². The summed E-state index contributed by atoms with van der Waals surface area (Å²) in [5.74, 6) is 1.25. The zero-order valence-corrected chi connectivity index (χ0v) is 26.1. The molecule has 2 aliphatic carbocycles. The largest absolute Gasteiger partial charge is 0.447 e. The number of amides is 2. The number of hydrogen-bond acceptors (Lipinski definition) is 4. The van der Waals surface area contributed by atoms with E-state index in [2.05, 4.69) is 19.2 Å². The lowest BCUT2D eigenvalue weighted by atomic mass is 9.63. The van der Waals surface area contributed by atoms with Gasteiger partial charge < -0.3 is 15.0 Å². The third-order valence-corrected chi connectivity index (χ3v) is 9.08. The summed E-state index contributed by atoms with van der Waals surface area (Å²) in [6.45, 7) is 11.1. The van der Waals surface area contributed by atoms with Crippen molar-refractivity contribution in [3.8, 4) is 0 Å². The highest BCUT2D eigenvalue weighted by molar-refractivity contribution is 5.71. The van der Waals surface area contributed by atoms with Crippen molar-refractivity contribution < 1.29 is 18.7 Å². The second kappa shape index (κ2) is 17.0. The first-order valence-corrected chi connectivity index (χ1v) is 15.7. The molecular formula is C33H56FN3O3. The molecule has 5 rings (SSSR count). The lowest BCUT2D eigenvalue weighted by Crippen LogP contribution is -2.54. The first-order valence-electron chi connectivity index (χ1n) is 15.7. The van der Waals surface area contributed by atoms with Gasteiger partial charge in [-0.25, -0.2) is 9.18 Å². The average Bonchev–Trinajstić information content (AvgIpc) is 3.61. The predicted octanol–water partition coefficient (Wildman–Crippen LogP) is 7.38. The lowest BCUT2D eigenvalue weighted by Gasteiger charge is -2.50. The third-order valence-electron chi connectivity index (χ3n) is 9.08. The Balaban J connectivity index is 0.000000275. The van der Waals surface area contributed by atoms with Crippen LogP contribution in [0, 0.1) is 17.2 Å². The fourth-order valence-electron chi connectivity index (χ4n) is 6.71. The summed E-state index contributed by atoms with van der Waals surface area (Å²) in [6, 6.07) is 6.97. The van der Waals surface area contributed by atoms with Crippen molar-refractivity contribution in [1.29, 1.82) is 0 Å². The molecule has 4 fully saturated rings. The summed E-state index contributed by atoms with van der Waals surface area (Å²) in [6.07, 6.45) is 14.5. The minimum absolute atomic E-state index is 0.128. The molecule has 6 nitrogen and oxygen atoms in total. The van der Waals surface area contributed by atoms with Gasteiger partial charge in [-0.15, -0.1) is 0 Å². The molecule has 2 aliphatic heterocycles. The number of piperidine rings is 1. The predicted molar refractivity (Wildman–Crippen MR) is 162 cm³/mol. The van der Waals surface area contributed by atoms with Gasteiger partial charge in [0.25, 0.3) is 0 Å². The molecule has 0 bridgehead atoms. The SMILES string of the molecule is CC.CC1(C)COC(=O)N1CC1(C2CCCCC2)CCN(C=O)CC1.CNC.Fc1ccc(C2CCCC2)cc1. The Bertz CT molecular complexity index is 856. The van der Waals surface area contributed by atoms with E-state index >= 15 is 0 Å². The second-order valence-corrected chi connectivity index (χ2v) is 12.3. The Morgan fingerprint density at radius 3 is 1.95 bits per heavy atom. The number of halogens is 1. The molecule has 1 aromatic rings. The minimum Gasteiger partial charge on any atom is -0.447 e. The van der Waals surface area contributed by atoms with Crippen LogP contribution in [0.15, 0.2) is 24.3 Å². The van der Waals surface area contributed by atoms with Crippen LogP contribution in [0.1, 0.15) is 110 Å². The fraction of sp³-hybridized carbons (Fsp3) is 0.758. The number of nitrogens with one attached hydrogen (secondary N) is 1. The summed E-state index contributed by atoms with van der Waals surface area (Å²) in [5.41, 5.74) is 1.25. The summed E-state index contributed by atoms with van der Waals surface area (Å²) in [4.78, 5) is 27.2. The van der Waals surface area contributed by atoms with E-state index in [1.54, 1.807) is 12.1 Å². The molecule has 1 aromatic carbocycles.